The molecule has 1 saturated carbocycles. The van der Waals surface area contributed by atoms with E-state index in [1.807, 2.05) is 4.90 Å². The molecule has 1 saturated heterocycles. The Kier molecular flexibility index (Phi) is 5.39. The van der Waals surface area contributed by atoms with Gasteiger partial charge in [-0.3, -0.25) is 9.59 Å². The summed E-state index contributed by atoms with van der Waals surface area (Å²) < 4.78 is 0. The number of hydrogen-bond acceptors (Lipinski definition) is 2. The molecule has 0 radical (unpaired) electrons. The Morgan fingerprint density at radius 1 is 1.04 bits per heavy atom. The van der Waals surface area contributed by atoms with Gasteiger partial charge in [0.05, 0.1) is 0 Å². The van der Waals surface area contributed by atoms with Gasteiger partial charge in [0, 0.05) is 38.5 Å². The van der Waals surface area contributed by atoms with E-state index in [1.54, 1.807) is 6.92 Å². The van der Waals surface area contributed by atoms with E-state index in [4.69, 9.17) is 0 Å². The van der Waals surface area contributed by atoms with E-state index in [2.05, 4.69) is 17.1 Å². The van der Waals surface area contributed by atoms with E-state index in [1.165, 1.54) is 6.42 Å². The van der Waals surface area contributed by atoms with Crippen molar-refractivity contribution >= 4 is 11.8 Å². The fourth-order valence-corrected chi connectivity index (χ4v) is 4.30. The monoisotopic (exact) mass is 318 g/mol. The summed E-state index contributed by atoms with van der Waals surface area (Å²) in [4.78, 5) is 28.8. The molecular weight excluding hydrogens is 288 g/mol. The summed E-state index contributed by atoms with van der Waals surface area (Å²) in [6, 6.07) is 0.797. The van der Waals surface area contributed by atoms with E-state index in [0.29, 0.717) is 30.3 Å². The molecule has 23 heavy (non-hydrogen) atoms. The Morgan fingerprint density at radius 3 is 2.39 bits per heavy atom. The highest BCUT2D eigenvalue weighted by Gasteiger charge is 2.34. The van der Waals surface area contributed by atoms with Crippen molar-refractivity contribution in [2.75, 3.05) is 13.1 Å². The van der Waals surface area contributed by atoms with Crippen LogP contribution >= 0.6 is 0 Å². The normalized spacial score (nSPS) is 28.3. The number of carbonyl (C=O) groups is 2. The Hall–Kier alpha value is -1.32. The van der Waals surface area contributed by atoms with Crippen molar-refractivity contribution in [1.29, 1.82) is 0 Å². The van der Waals surface area contributed by atoms with Gasteiger partial charge in [-0.2, -0.15) is 0 Å². The Labute approximate surface area is 139 Å². The lowest BCUT2D eigenvalue weighted by Crippen LogP contribution is -2.49. The lowest BCUT2D eigenvalue weighted by Gasteiger charge is -2.42. The summed E-state index contributed by atoms with van der Waals surface area (Å²) in [5, 5.41) is 0. The molecule has 4 nitrogen and oxygen atoms in total. The summed E-state index contributed by atoms with van der Waals surface area (Å²) in [5.41, 5.74) is 0. The first-order chi connectivity index (χ1) is 11.1. The molecule has 2 aliphatic carbocycles. The number of nitrogens with zero attached hydrogens (tertiary/aromatic N) is 2. The number of allylic oxidation sites excluding steroid dienone is 2. The smallest absolute Gasteiger partial charge is 0.223 e. The van der Waals surface area contributed by atoms with Crippen LogP contribution in [0.25, 0.3) is 0 Å². The van der Waals surface area contributed by atoms with Gasteiger partial charge < -0.3 is 9.80 Å². The lowest BCUT2D eigenvalue weighted by molar-refractivity contribution is -0.136. The standard InChI is InChI=1S/C19H30N2O2/c1-15(22)21(17-8-4-9-17)18-10-5-12-20(13-11-18)19(23)14-16-6-2-3-7-16/h2,6,16-18H,3-5,7-14H2,1H3/t16-,18-/m0/s1. The lowest BCUT2D eigenvalue weighted by atomic mass is 9.89. The predicted octanol–water partition coefficient (Wildman–Crippen LogP) is 3.12. The van der Waals surface area contributed by atoms with E-state index in [-0.39, 0.29) is 5.91 Å². The molecule has 2 amide bonds. The van der Waals surface area contributed by atoms with Crippen molar-refractivity contribution in [3.8, 4) is 0 Å². The maximum atomic E-state index is 12.5. The van der Waals surface area contributed by atoms with E-state index in [0.717, 1.165) is 58.0 Å². The third-order valence-corrected chi connectivity index (χ3v) is 5.82. The van der Waals surface area contributed by atoms with Gasteiger partial charge >= 0.3 is 0 Å². The molecule has 3 rings (SSSR count). The van der Waals surface area contributed by atoms with Crippen LogP contribution in [-0.2, 0) is 9.59 Å². The summed E-state index contributed by atoms with van der Waals surface area (Å²) in [7, 11) is 0. The first-order valence-corrected chi connectivity index (χ1v) is 9.38. The fourth-order valence-electron chi connectivity index (χ4n) is 4.30. The van der Waals surface area contributed by atoms with Gasteiger partial charge in [0.2, 0.25) is 11.8 Å². The third kappa shape index (κ3) is 3.96. The average Bonchev–Trinajstić information content (AvgIpc) is 2.84. The van der Waals surface area contributed by atoms with Crippen molar-refractivity contribution in [3.63, 3.8) is 0 Å². The molecule has 2 atom stereocenters. The van der Waals surface area contributed by atoms with Crippen LogP contribution in [0.2, 0.25) is 0 Å². The number of carbonyl (C=O) groups excluding carboxylic acids is 2. The molecule has 0 aromatic heterocycles. The van der Waals surface area contributed by atoms with Gasteiger partial charge in [-0.25, -0.2) is 0 Å². The summed E-state index contributed by atoms with van der Waals surface area (Å²) in [6.45, 7) is 3.39. The van der Waals surface area contributed by atoms with Crippen molar-refractivity contribution < 1.29 is 9.59 Å². The Balaban J connectivity index is 1.54. The molecule has 0 N–H and O–H groups in total. The van der Waals surface area contributed by atoms with Crippen molar-refractivity contribution in [2.45, 2.75) is 76.8 Å². The second-order valence-corrected chi connectivity index (χ2v) is 7.45. The molecule has 4 heteroatoms. The number of hydrogen-bond donors (Lipinski definition) is 0. The van der Waals surface area contributed by atoms with Gasteiger partial charge in [-0.15, -0.1) is 0 Å². The molecule has 0 unspecified atom stereocenters. The van der Waals surface area contributed by atoms with Gasteiger partial charge in [-0.1, -0.05) is 12.2 Å². The summed E-state index contributed by atoms with van der Waals surface area (Å²) in [5.74, 6) is 0.973. The van der Waals surface area contributed by atoms with E-state index >= 15 is 0 Å². The second-order valence-electron chi connectivity index (χ2n) is 7.45. The van der Waals surface area contributed by atoms with Crippen LogP contribution in [-0.4, -0.2) is 46.8 Å². The highest BCUT2D eigenvalue weighted by molar-refractivity contribution is 5.77. The number of rotatable bonds is 4. The maximum Gasteiger partial charge on any atom is 0.223 e. The van der Waals surface area contributed by atoms with Gasteiger partial charge in [0.15, 0.2) is 0 Å². The molecule has 2 fully saturated rings. The minimum Gasteiger partial charge on any atom is -0.343 e. The van der Waals surface area contributed by atoms with Gasteiger partial charge in [-0.05, 0) is 57.3 Å². The fraction of sp³-hybridized carbons (Fsp3) is 0.789. The second kappa shape index (κ2) is 7.50. The Morgan fingerprint density at radius 2 is 1.78 bits per heavy atom. The highest BCUT2D eigenvalue weighted by atomic mass is 16.2. The molecule has 1 heterocycles. The molecular formula is C19H30N2O2. The molecule has 0 aromatic rings. The number of likely N-dealkylation sites (tertiary alicyclic amines) is 1. The van der Waals surface area contributed by atoms with Gasteiger partial charge in [0.25, 0.3) is 0 Å². The zero-order valence-electron chi connectivity index (χ0n) is 14.4. The first kappa shape index (κ1) is 16.5. The molecule has 3 aliphatic rings. The van der Waals surface area contributed by atoms with Crippen LogP contribution in [0.5, 0.6) is 0 Å². The average molecular weight is 318 g/mol. The summed E-state index contributed by atoms with van der Waals surface area (Å²) in [6.07, 6.45) is 13.9. The quantitative estimate of drug-likeness (QED) is 0.747. The van der Waals surface area contributed by atoms with Crippen molar-refractivity contribution in [2.24, 2.45) is 5.92 Å². The minimum atomic E-state index is 0.218. The molecule has 0 spiro atoms. The minimum absolute atomic E-state index is 0.218. The summed E-state index contributed by atoms with van der Waals surface area (Å²) >= 11 is 0. The maximum absolute atomic E-state index is 12.5. The zero-order chi connectivity index (χ0) is 16.2. The van der Waals surface area contributed by atoms with Crippen LogP contribution in [0, 0.1) is 5.92 Å². The highest BCUT2D eigenvalue weighted by Crippen LogP contribution is 2.30. The van der Waals surface area contributed by atoms with Gasteiger partial charge in [0.1, 0.15) is 0 Å². The topological polar surface area (TPSA) is 40.6 Å². The van der Waals surface area contributed by atoms with E-state index in [9.17, 15) is 9.59 Å². The largest absolute Gasteiger partial charge is 0.343 e. The van der Waals surface area contributed by atoms with Crippen LogP contribution < -0.4 is 0 Å². The predicted molar refractivity (Wildman–Crippen MR) is 90.9 cm³/mol. The van der Waals surface area contributed by atoms with Crippen molar-refractivity contribution in [3.05, 3.63) is 12.2 Å². The SMILES string of the molecule is CC(=O)N(C1CCC1)[C@H]1CCCN(C(=O)C[C@H]2C=CCC2)CC1. The van der Waals surface area contributed by atoms with E-state index < -0.39 is 0 Å². The van der Waals surface area contributed by atoms with Crippen LogP contribution in [0.4, 0.5) is 0 Å². The van der Waals surface area contributed by atoms with Crippen LogP contribution in [0.1, 0.15) is 64.7 Å². The molecule has 0 bridgehead atoms. The first-order valence-electron chi connectivity index (χ1n) is 9.38. The molecule has 128 valence electrons. The Bertz CT molecular complexity index is 470. The molecule has 1 aliphatic heterocycles. The number of amides is 2. The molecule has 0 aromatic carbocycles. The zero-order valence-corrected chi connectivity index (χ0v) is 14.4. The van der Waals surface area contributed by atoms with Crippen molar-refractivity contribution in [1.82, 2.24) is 9.80 Å². The van der Waals surface area contributed by atoms with Crippen LogP contribution in [0.15, 0.2) is 12.2 Å². The van der Waals surface area contributed by atoms with Crippen LogP contribution in [0.3, 0.4) is 0 Å². The third-order valence-electron chi connectivity index (χ3n) is 5.82.